The van der Waals surface area contributed by atoms with Crippen molar-refractivity contribution < 1.29 is 27.4 Å². The molecule has 2 fully saturated rings. The fourth-order valence-corrected chi connectivity index (χ4v) is 6.47. The fourth-order valence-electron chi connectivity index (χ4n) is 4.96. The minimum atomic E-state index is -3.75. The van der Waals surface area contributed by atoms with Crippen LogP contribution in [-0.2, 0) is 14.8 Å². The lowest BCUT2D eigenvalue weighted by Crippen LogP contribution is -2.42. The number of piperidine rings is 1. The molecule has 0 bridgehead atoms. The summed E-state index contributed by atoms with van der Waals surface area (Å²) in [7, 11) is 0.868. The lowest BCUT2D eigenvalue weighted by atomic mass is 9.87. The van der Waals surface area contributed by atoms with E-state index < -0.39 is 15.9 Å². The highest BCUT2D eigenvalue weighted by Crippen LogP contribution is 2.44. The molecule has 2 atom stereocenters. The van der Waals surface area contributed by atoms with Gasteiger partial charge in [0.05, 0.1) is 32.1 Å². The molecule has 184 valence electrons. The monoisotopic (exact) mass is 488 g/mol. The first kappa shape index (κ1) is 24.3. The normalized spacial score (nSPS) is 21.3. The number of benzene rings is 2. The van der Waals surface area contributed by atoms with Crippen LogP contribution in [0.5, 0.6) is 17.2 Å². The van der Waals surface area contributed by atoms with Gasteiger partial charge in [-0.3, -0.25) is 4.79 Å². The van der Waals surface area contributed by atoms with Crippen molar-refractivity contribution in [2.45, 2.75) is 30.1 Å². The molecule has 2 aromatic carbocycles. The molecule has 9 heteroatoms. The Balaban J connectivity index is 1.74. The van der Waals surface area contributed by atoms with Gasteiger partial charge in [-0.1, -0.05) is 18.2 Å². The van der Waals surface area contributed by atoms with Gasteiger partial charge < -0.3 is 19.1 Å². The van der Waals surface area contributed by atoms with Crippen molar-refractivity contribution in [2.75, 3.05) is 47.5 Å². The van der Waals surface area contributed by atoms with Crippen LogP contribution in [0.15, 0.2) is 47.4 Å². The summed E-state index contributed by atoms with van der Waals surface area (Å²) in [5.41, 5.74) is 0.788. The predicted molar refractivity (Wildman–Crippen MR) is 128 cm³/mol. The second-order valence-electron chi connectivity index (χ2n) is 8.69. The zero-order chi connectivity index (χ0) is 24.3. The molecule has 0 unspecified atom stereocenters. The SMILES string of the molecule is COc1cc([C@@H]2CN(S(=O)(=O)c3ccccc3)C[C@H]2C(=O)N2CCCCC2)cc(OC)c1OC. The van der Waals surface area contributed by atoms with E-state index in [1.165, 1.54) is 25.6 Å². The van der Waals surface area contributed by atoms with Gasteiger partial charge in [0.15, 0.2) is 11.5 Å². The van der Waals surface area contributed by atoms with Crippen molar-refractivity contribution in [2.24, 2.45) is 5.92 Å². The third-order valence-electron chi connectivity index (χ3n) is 6.77. The first-order valence-corrected chi connectivity index (χ1v) is 13.0. The lowest BCUT2D eigenvalue weighted by Gasteiger charge is -2.31. The number of nitrogens with zero attached hydrogens (tertiary/aromatic N) is 2. The van der Waals surface area contributed by atoms with Crippen molar-refractivity contribution in [3.63, 3.8) is 0 Å². The third-order valence-corrected chi connectivity index (χ3v) is 8.61. The van der Waals surface area contributed by atoms with Crippen LogP contribution in [0, 0.1) is 5.92 Å². The Kier molecular flexibility index (Phi) is 7.33. The van der Waals surface area contributed by atoms with Crippen LogP contribution in [0.4, 0.5) is 0 Å². The number of carbonyl (C=O) groups excluding carboxylic acids is 1. The molecular formula is C25H32N2O6S. The highest BCUT2D eigenvalue weighted by molar-refractivity contribution is 7.89. The van der Waals surface area contributed by atoms with E-state index in [2.05, 4.69) is 0 Å². The largest absolute Gasteiger partial charge is 0.493 e. The molecule has 2 aliphatic rings. The van der Waals surface area contributed by atoms with Gasteiger partial charge in [0.2, 0.25) is 21.7 Å². The van der Waals surface area contributed by atoms with E-state index in [4.69, 9.17) is 14.2 Å². The van der Waals surface area contributed by atoms with E-state index in [9.17, 15) is 13.2 Å². The maximum Gasteiger partial charge on any atom is 0.243 e. The van der Waals surface area contributed by atoms with E-state index >= 15 is 0 Å². The van der Waals surface area contributed by atoms with E-state index in [0.717, 1.165) is 24.8 Å². The minimum absolute atomic E-state index is 0.00390. The van der Waals surface area contributed by atoms with Gasteiger partial charge in [0.25, 0.3) is 0 Å². The molecule has 2 saturated heterocycles. The Bertz CT molecular complexity index is 1090. The topological polar surface area (TPSA) is 85.4 Å². The number of likely N-dealkylation sites (tertiary alicyclic amines) is 1. The van der Waals surface area contributed by atoms with Crippen LogP contribution >= 0.6 is 0 Å². The first-order chi connectivity index (χ1) is 16.4. The molecule has 0 saturated carbocycles. The van der Waals surface area contributed by atoms with E-state index in [1.807, 2.05) is 17.0 Å². The number of amides is 1. The molecule has 0 aromatic heterocycles. The molecule has 34 heavy (non-hydrogen) atoms. The Hall–Kier alpha value is -2.78. The van der Waals surface area contributed by atoms with Crippen LogP contribution in [-0.4, -0.2) is 71.0 Å². The van der Waals surface area contributed by atoms with Crippen LogP contribution in [0.2, 0.25) is 0 Å². The van der Waals surface area contributed by atoms with Crippen molar-refractivity contribution in [3.05, 3.63) is 48.0 Å². The van der Waals surface area contributed by atoms with Crippen LogP contribution in [0.25, 0.3) is 0 Å². The van der Waals surface area contributed by atoms with Crippen LogP contribution in [0.3, 0.4) is 0 Å². The standard InChI is InChI=1S/C25H32N2O6S/c1-31-22-14-18(15-23(32-2)24(22)33-3)20-16-27(34(29,30)19-10-6-4-7-11-19)17-21(20)25(28)26-12-8-5-9-13-26/h4,6-7,10-11,14-15,20-21H,5,8-9,12-13,16-17H2,1-3H3/t20-,21+/m0/s1. The average Bonchev–Trinajstić information content (AvgIpc) is 3.34. The second-order valence-corrected chi connectivity index (χ2v) is 10.6. The van der Waals surface area contributed by atoms with Crippen molar-refractivity contribution >= 4 is 15.9 Å². The summed E-state index contributed by atoms with van der Waals surface area (Å²) in [5, 5.41) is 0. The Morgan fingerprint density at radius 3 is 2.06 bits per heavy atom. The number of hydrogen-bond donors (Lipinski definition) is 0. The van der Waals surface area contributed by atoms with Gasteiger partial charge in [0, 0.05) is 32.1 Å². The number of rotatable bonds is 7. The van der Waals surface area contributed by atoms with Gasteiger partial charge >= 0.3 is 0 Å². The highest BCUT2D eigenvalue weighted by Gasteiger charge is 2.45. The van der Waals surface area contributed by atoms with Crippen LogP contribution in [0.1, 0.15) is 30.7 Å². The highest BCUT2D eigenvalue weighted by atomic mass is 32.2. The van der Waals surface area contributed by atoms with Gasteiger partial charge in [-0.25, -0.2) is 8.42 Å². The Labute approximate surface area is 201 Å². The molecule has 8 nitrogen and oxygen atoms in total. The van der Waals surface area contributed by atoms with Crippen LogP contribution < -0.4 is 14.2 Å². The summed E-state index contributed by atoms with van der Waals surface area (Å²) in [6.07, 6.45) is 3.05. The zero-order valence-electron chi connectivity index (χ0n) is 19.9. The molecule has 2 aromatic rings. The van der Waals surface area contributed by atoms with Crippen molar-refractivity contribution in [1.82, 2.24) is 9.21 Å². The second kappa shape index (κ2) is 10.2. The van der Waals surface area contributed by atoms with Crippen molar-refractivity contribution in [3.8, 4) is 17.2 Å². The minimum Gasteiger partial charge on any atom is -0.493 e. The van der Waals surface area contributed by atoms with Gasteiger partial charge in [-0.2, -0.15) is 4.31 Å². The summed E-state index contributed by atoms with van der Waals surface area (Å²) in [6.45, 7) is 1.75. The summed E-state index contributed by atoms with van der Waals surface area (Å²) in [5.74, 6) is 0.570. The summed E-state index contributed by atoms with van der Waals surface area (Å²) >= 11 is 0. The lowest BCUT2D eigenvalue weighted by molar-refractivity contribution is -0.136. The predicted octanol–water partition coefficient (Wildman–Crippen LogP) is 3.13. The molecule has 2 aliphatic heterocycles. The number of carbonyl (C=O) groups is 1. The number of sulfonamides is 1. The van der Waals surface area contributed by atoms with Gasteiger partial charge in [-0.15, -0.1) is 0 Å². The summed E-state index contributed by atoms with van der Waals surface area (Å²) in [6, 6.07) is 12.0. The fraction of sp³-hybridized carbons (Fsp3) is 0.480. The Morgan fingerprint density at radius 1 is 0.882 bits per heavy atom. The summed E-state index contributed by atoms with van der Waals surface area (Å²) < 4.78 is 44.8. The van der Waals surface area contributed by atoms with Crippen molar-refractivity contribution in [1.29, 1.82) is 0 Å². The maximum absolute atomic E-state index is 13.6. The number of ether oxygens (including phenoxy) is 3. The third kappa shape index (κ3) is 4.59. The van der Waals surface area contributed by atoms with E-state index in [0.29, 0.717) is 30.3 Å². The average molecular weight is 489 g/mol. The number of hydrogen-bond acceptors (Lipinski definition) is 6. The molecule has 4 rings (SSSR count). The molecule has 0 aliphatic carbocycles. The maximum atomic E-state index is 13.6. The first-order valence-electron chi connectivity index (χ1n) is 11.5. The van der Waals surface area contributed by atoms with Gasteiger partial charge in [0.1, 0.15) is 0 Å². The smallest absolute Gasteiger partial charge is 0.243 e. The summed E-state index contributed by atoms with van der Waals surface area (Å²) in [4.78, 5) is 15.8. The molecule has 0 spiro atoms. The molecular weight excluding hydrogens is 456 g/mol. The Morgan fingerprint density at radius 2 is 1.50 bits per heavy atom. The number of methoxy groups -OCH3 is 3. The molecule has 2 heterocycles. The van der Waals surface area contributed by atoms with E-state index in [-0.39, 0.29) is 29.8 Å². The molecule has 0 N–H and O–H groups in total. The molecule has 0 radical (unpaired) electrons. The molecule has 1 amide bonds. The quantitative estimate of drug-likeness (QED) is 0.595. The van der Waals surface area contributed by atoms with E-state index in [1.54, 1.807) is 30.3 Å². The van der Waals surface area contributed by atoms with Gasteiger partial charge in [-0.05, 0) is 49.1 Å². The zero-order valence-corrected chi connectivity index (χ0v) is 20.7.